The third-order valence-electron chi connectivity index (χ3n) is 5.06. The molecule has 0 fully saturated rings. The van der Waals surface area contributed by atoms with E-state index in [9.17, 15) is 8.60 Å². The lowest BCUT2D eigenvalue weighted by atomic mass is 9.99. The number of anilines is 1. The molecule has 0 bridgehead atoms. The minimum atomic E-state index is -2.14. The largest absolute Gasteiger partial charge is 0.316 e. The Morgan fingerprint density at radius 1 is 0.967 bits per heavy atom. The lowest BCUT2D eigenvalue weighted by Gasteiger charge is -2.09. The first-order valence-corrected chi connectivity index (χ1v) is 10.7. The third kappa shape index (κ3) is 4.14. The first kappa shape index (κ1) is 20.3. The highest BCUT2D eigenvalue weighted by Crippen LogP contribution is 2.33. The number of nitrogens with one attached hydrogen (secondary N) is 2. The maximum absolute atomic E-state index is 13.3. The second kappa shape index (κ2) is 8.39. The van der Waals surface area contributed by atoms with E-state index in [2.05, 4.69) is 53.1 Å². The molecule has 4 rings (SSSR count). The summed E-state index contributed by atoms with van der Waals surface area (Å²) in [5.41, 5.74) is 8.61. The van der Waals surface area contributed by atoms with Crippen LogP contribution in [-0.4, -0.2) is 13.3 Å². The minimum Gasteiger partial charge on any atom is -0.316 e. The van der Waals surface area contributed by atoms with E-state index in [1.54, 1.807) is 12.1 Å². The van der Waals surface area contributed by atoms with Crippen LogP contribution in [0.25, 0.3) is 27.7 Å². The number of halogens is 1. The Hall–Kier alpha value is -3.00. The third-order valence-corrected chi connectivity index (χ3v) is 5.34. The van der Waals surface area contributed by atoms with E-state index < -0.39 is 11.3 Å². The van der Waals surface area contributed by atoms with Crippen molar-refractivity contribution < 1.29 is 13.2 Å². The van der Waals surface area contributed by atoms with Crippen molar-refractivity contribution >= 4 is 27.9 Å². The smallest absolute Gasteiger partial charge is 0.250 e. The van der Waals surface area contributed by atoms with Crippen molar-refractivity contribution in [2.24, 2.45) is 0 Å². The summed E-state index contributed by atoms with van der Waals surface area (Å²) in [7, 11) is 0. The number of benzene rings is 3. The predicted octanol–water partition coefficient (Wildman–Crippen LogP) is 5.61. The van der Waals surface area contributed by atoms with Crippen molar-refractivity contribution in [3.63, 3.8) is 0 Å². The number of hydrogen-bond donors (Lipinski definition) is 3. The zero-order chi connectivity index (χ0) is 21.3. The number of hydrazine groups is 1. The molecule has 154 valence electrons. The number of rotatable bonds is 6. The highest BCUT2D eigenvalue weighted by Gasteiger charge is 2.14. The standard InChI is InChI=1S/C23H22FN3O2S/c1-15(2)22-14-27(20-10-8-19(9-11-20)25-26-30(28)29)23-13-17(5-12-21(22)23)16-3-6-18(24)7-4-16/h3-15,25-26H,1-2H3,(H,28,29). The van der Waals surface area contributed by atoms with Crippen LogP contribution in [0.15, 0.2) is 72.9 Å². The highest BCUT2D eigenvalue weighted by atomic mass is 32.2. The molecular formula is C23H22FN3O2S. The van der Waals surface area contributed by atoms with E-state index in [0.717, 1.165) is 22.3 Å². The van der Waals surface area contributed by atoms with Crippen LogP contribution in [0, 0.1) is 5.82 Å². The van der Waals surface area contributed by atoms with Crippen LogP contribution in [0.4, 0.5) is 10.1 Å². The molecule has 0 aliphatic rings. The lowest BCUT2D eigenvalue weighted by molar-refractivity contribution is 0.555. The Morgan fingerprint density at radius 2 is 1.63 bits per heavy atom. The fraction of sp³-hybridized carbons (Fsp3) is 0.130. The van der Waals surface area contributed by atoms with E-state index in [-0.39, 0.29) is 5.82 Å². The minimum absolute atomic E-state index is 0.251. The molecule has 3 N–H and O–H groups in total. The lowest BCUT2D eigenvalue weighted by Crippen LogP contribution is -2.23. The molecule has 0 aliphatic heterocycles. The molecule has 0 radical (unpaired) electrons. The van der Waals surface area contributed by atoms with Gasteiger partial charge in [0.25, 0.3) is 0 Å². The summed E-state index contributed by atoms with van der Waals surface area (Å²) in [6, 6.07) is 20.4. The molecule has 1 aromatic heterocycles. The normalized spacial score (nSPS) is 12.4. The monoisotopic (exact) mass is 423 g/mol. The second-order valence-electron chi connectivity index (χ2n) is 7.37. The summed E-state index contributed by atoms with van der Waals surface area (Å²) >= 11 is -2.14. The average molecular weight is 424 g/mol. The van der Waals surface area contributed by atoms with Crippen molar-refractivity contribution in [1.82, 2.24) is 9.40 Å². The van der Waals surface area contributed by atoms with Crippen LogP contribution < -0.4 is 10.3 Å². The van der Waals surface area contributed by atoms with Gasteiger partial charge in [0, 0.05) is 23.0 Å². The van der Waals surface area contributed by atoms with Crippen LogP contribution in [0.3, 0.4) is 0 Å². The molecule has 5 nitrogen and oxygen atoms in total. The number of aromatic nitrogens is 1. The fourth-order valence-electron chi connectivity index (χ4n) is 3.56. The van der Waals surface area contributed by atoms with Gasteiger partial charge >= 0.3 is 0 Å². The van der Waals surface area contributed by atoms with Crippen LogP contribution in [0.1, 0.15) is 25.3 Å². The summed E-state index contributed by atoms with van der Waals surface area (Å²) in [5.74, 6) is 0.105. The van der Waals surface area contributed by atoms with Gasteiger partial charge in [-0.3, -0.25) is 4.55 Å². The maximum atomic E-state index is 13.3. The molecule has 0 aliphatic carbocycles. The second-order valence-corrected chi connectivity index (χ2v) is 8.07. The molecule has 0 saturated heterocycles. The molecule has 1 heterocycles. The first-order chi connectivity index (χ1) is 14.4. The number of nitrogens with zero attached hydrogens (tertiary/aromatic N) is 1. The topological polar surface area (TPSA) is 66.3 Å². The van der Waals surface area contributed by atoms with Crippen molar-refractivity contribution in [1.29, 1.82) is 0 Å². The van der Waals surface area contributed by atoms with E-state index in [0.29, 0.717) is 11.6 Å². The quantitative estimate of drug-likeness (QED) is 0.279. The van der Waals surface area contributed by atoms with Gasteiger partial charge < -0.3 is 9.99 Å². The molecule has 1 unspecified atom stereocenters. The summed E-state index contributed by atoms with van der Waals surface area (Å²) in [5, 5.41) is 1.18. The summed E-state index contributed by atoms with van der Waals surface area (Å²) < 4.78 is 35.0. The van der Waals surface area contributed by atoms with Crippen molar-refractivity contribution in [3.8, 4) is 16.8 Å². The van der Waals surface area contributed by atoms with Crippen LogP contribution in [0.2, 0.25) is 0 Å². The summed E-state index contributed by atoms with van der Waals surface area (Å²) in [6.45, 7) is 4.33. The average Bonchev–Trinajstić information content (AvgIpc) is 3.12. The maximum Gasteiger partial charge on any atom is 0.250 e. The number of fused-ring (bicyclic) bond motifs is 1. The number of hydrogen-bond acceptors (Lipinski definition) is 2. The summed E-state index contributed by atoms with van der Waals surface area (Å²) in [6.07, 6.45) is 2.15. The van der Waals surface area contributed by atoms with Gasteiger partial charge in [-0.1, -0.05) is 38.1 Å². The fourth-order valence-corrected chi connectivity index (χ4v) is 3.76. The Bertz CT molecular complexity index is 1200. The van der Waals surface area contributed by atoms with Crippen molar-refractivity contribution in [2.75, 3.05) is 5.43 Å². The Kier molecular flexibility index (Phi) is 5.67. The van der Waals surface area contributed by atoms with Gasteiger partial charge in [0.15, 0.2) is 0 Å². The van der Waals surface area contributed by atoms with Gasteiger partial charge in [0.1, 0.15) is 5.82 Å². The molecule has 7 heteroatoms. The zero-order valence-corrected chi connectivity index (χ0v) is 17.4. The van der Waals surface area contributed by atoms with E-state index in [1.807, 2.05) is 24.3 Å². The van der Waals surface area contributed by atoms with E-state index >= 15 is 0 Å². The van der Waals surface area contributed by atoms with Gasteiger partial charge in [0.2, 0.25) is 11.3 Å². The predicted molar refractivity (Wildman–Crippen MR) is 120 cm³/mol. The van der Waals surface area contributed by atoms with Crippen LogP contribution in [0.5, 0.6) is 0 Å². The molecule has 0 spiro atoms. The van der Waals surface area contributed by atoms with Gasteiger partial charge in [0.05, 0.1) is 5.52 Å². The Balaban J connectivity index is 1.79. The summed E-state index contributed by atoms with van der Waals surface area (Å²) in [4.78, 5) is 2.24. The van der Waals surface area contributed by atoms with Gasteiger partial charge in [-0.2, -0.15) is 0 Å². The highest BCUT2D eigenvalue weighted by molar-refractivity contribution is 7.77. The molecule has 30 heavy (non-hydrogen) atoms. The SMILES string of the molecule is CC(C)c1cn(-c2ccc(NNS(=O)O)cc2)c2cc(-c3ccc(F)cc3)ccc12. The molecule has 1 atom stereocenters. The van der Waals surface area contributed by atoms with Crippen LogP contribution >= 0.6 is 0 Å². The van der Waals surface area contributed by atoms with Crippen LogP contribution in [-0.2, 0) is 11.3 Å². The van der Waals surface area contributed by atoms with Crippen molar-refractivity contribution in [2.45, 2.75) is 19.8 Å². The van der Waals surface area contributed by atoms with E-state index in [4.69, 9.17) is 4.55 Å². The molecule has 0 amide bonds. The first-order valence-electron chi connectivity index (χ1n) is 9.56. The molecular weight excluding hydrogens is 401 g/mol. The van der Waals surface area contributed by atoms with Crippen molar-refractivity contribution in [3.05, 3.63) is 84.3 Å². The van der Waals surface area contributed by atoms with Gasteiger partial charge in [-0.05, 0) is 65.1 Å². The van der Waals surface area contributed by atoms with E-state index in [1.165, 1.54) is 23.1 Å². The molecule has 3 aromatic carbocycles. The van der Waals surface area contributed by atoms with Gasteiger partial charge in [-0.15, -0.1) is 4.83 Å². The van der Waals surface area contributed by atoms with Gasteiger partial charge in [-0.25, -0.2) is 8.60 Å². The Labute approximate surface area is 176 Å². The zero-order valence-electron chi connectivity index (χ0n) is 16.6. The molecule has 4 aromatic rings. The Morgan fingerprint density at radius 3 is 2.27 bits per heavy atom. The molecule has 0 saturated carbocycles.